The molecule has 2 aliphatic rings. The molecule has 1 amide bonds. The van der Waals surface area contributed by atoms with Gasteiger partial charge in [-0.1, -0.05) is 0 Å². The third kappa shape index (κ3) is 2.15. The number of carbonyl (C=O) groups is 1. The van der Waals surface area contributed by atoms with Gasteiger partial charge in [0.25, 0.3) is 0 Å². The standard InChI is InChI=1S/C14H16N2O2S/c15-10-14(3-6-18-7-4-14)13(17)16-5-1-12-11(9-16)2-8-19-12/h2,8H,1,3-7,9H2. The molecule has 0 N–H and O–H groups in total. The fourth-order valence-electron chi connectivity index (χ4n) is 2.82. The summed E-state index contributed by atoms with van der Waals surface area (Å²) in [5.74, 6) is -0.00449. The number of hydrogen-bond donors (Lipinski definition) is 0. The van der Waals surface area contributed by atoms with Crippen molar-refractivity contribution in [1.82, 2.24) is 4.90 Å². The van der Waals surface area contributed by atoms with E-state index in [9.17, 15) is 10.1 Å². The average Bonchev–Trinajstić information content (AvgIpc) is 2.94. The summed E-state index contributed by atoms with van der Waals surface area (Å²) >= 11 is 1.76. The molecule has 1 fully saturated rings. The smallest absolute Gasteiger partial charge is 0.243 e. The Balaban J connectivity index is 1.79. The van der Waals surface area contributed by atoms with Crippen LogP contribution in [0.2, 0.25) is 0 Å². The quantitative estimate of drug-likeness (QED) is 0.788. The number of thiophene rings is 1. The van der Waals surface area contributed by atoms with Crippen LogP contribution in [0.3, 0.4) is 0 Å². The summed E-state index contributed by atoms with van der Waals surface area (Å²) < 4.78 is 5.29. The van der Waals surface area contributed by atoms with Crippen LogP contribution in [0, 0.1) is 16.7 Å². The lowest BCUT2D eigenvalue weighted by Crippen LogP contribution is -2.47. The Kier molecular flexibility index (Phi) is 3.29. The molecule has 19 heavy (non-hydrogen) atoms. The van der Waals surface area contributed by atoms with Crippen molar-refractivity contribution in [3.8, 4) is 6.07 Å². The van der Waals surface area contributed by atoms with Crippen molar-refractivity contribution in [3.63, 3.8) is 0 Å². The van der Waals surface area contributed by atoms with Crippen LogP contribution in [0.25, 0.3) is 0 Å². The molecule has 0 saturated carbocycles. The van der Waals surface area contributed by atoms with Gasteiger partial charge in [0, 0.05) is 31.2 Å². The Morgan fingerprint density at radius 1 is 1.47 bits per heavy atom. The van der Waals surface area contributed by atoms with E-state index in [0.717, 1.165) is 13.0 Å². The van der Waals surface area contributed by atoms with Crippen LogP contribution in [0.15, 0.2) is 11.4 Å². The Labute approximate surface area is 116 Å². The van der Waals surface area contributed by atoms with Gasteiger partial charge in [0.15, 0.2) is 0 Å². The van der Waals surface area contributed by atoms with Crippen molar-refractivity contribution in [1.29, 1.82) is 5.26 Å². The summed E-state index contributed by atoms with van der Waals surface area (Å²) in [6, 6.07) is 4.35. The highest BCUT2D eigenvalue weighted by Gasteiger charge is 2.43. The lowest BCUT2D eigenvalue weighted by Gasteiger charge is -2.36. The number of nitrogens with zero attached hydrogens (tertiary/aromatic N) is 2. The van der Waals surface area contributed by atoms with Gasteiger partial charge in [-0.3, -0.25) is 4.79 Å². The molecule has 0 aromatic carbocycles. The highest BCUT2D eigenvalue weighted by Crippen LogP contribution is 2.34. The van der Waals surface area contributed by atoms with E-state index in [1.165, 1.54) is 10.4 Å². The highest BCUT2D eigenvalue weighted by atomic mass is 32.1. The van der Waals surface area contributed by atoms with Gasteiger partial charge in [-0.2, -0.15) is 5.26 Å². The predicted molar refractivity (Wildman–Crippen MR) is 71.5 cm³/mol. The Morgan fingerprint density at radius 2 is 2.26 bits per heavy atom. The zero-order valence-corrected chi connectivity index (χ0v) is 11.5. The lowest BCUT2D eigenvalue weighted by atomic mass is 9.80. The minimum atomic E-state index is -0.855. The minimum Gasteiger partial charge on any atom is -0.381 e. The number of hydrogen-bond acceptors (Lipinski definition) is 4. The minimum absolute atomic E-state index is 0.00449. The van der Waals surface area contributed by atoms with Gasteiger partial charge < -0.3 is 9.64 Å². The molecule has 1 aromatic rings. The summed E-state index contributed by atoms with van der Waals surface area (Å²) in [5, 5.41) is 11.5. The first-order valence-corrected chi connectivity index (χ1v) is 7.47. The van der Waals surface area contributed by atoms with E-state index in [2.05, 4.69) is 17.5 Å². The predicted octanol–water partition coefficient (Wildman–Crippen LogP) is 1.95. The molecule has 1 aromatic heterocycles. The van der Waals surface area contributed by atoms with Crippen molar-refractivity contribution in [2.24, 2.45) is 5.41 Å². The van der Waals surface area contributed by atoms with E-state index in [-0.39, 0.29) is 5.91 Å². The van der Waals surface area contributed by atoms with Gasteiger partial charge in [-0.25, -0.2) is 0 Å². The first-order chi connectivity index (χ1) is 9.25. The summed E-state index contributed by atoms with van der Waals surface area (Å²) in [6.45, 7) is 2.41. The molecule has 0 aliphatic carbocycles. The number of nitriles is 1. The first-order valence-electron chi connectivity index (χ1n) is 6.59. The molecule has 5 heteroatoms. The summed E-state index contributed by atoms with van der Waals surface area (Å²) in [4.78, 5) is 15.9. The van der Waals surface area contributed by atoms with Crippen LogP contribution in [0.5, 0.6) is 0 Å². The number of fused-ring (bicyclic) bond motifs is 1. The number of amides is 1. The largest absolute Gasteiger partial charge is 0.381 e. The molecule has 4 nitrogen and oxygen atoms in total. The van der Waals surface area contributed by atoms with Gasteiger partial charge in [-0.05, 0) is 36.3 Å². The average molecular weight is 276 g/mol. The Hall–Kier alpha value is -1.38. The van der Waals surface area contributed by atoms with Crippen molar-refractivity contribution in [2.75, 3.05) is 19.8 Å². The molecular formula is C14H16N2O2S. The van der Waals surface area contributed by atoms with Crippen LogP contribution in [-0.4, -0.2) is 30.6 Å². The second kappa shape index (κ2) is 4.95. The zero-order valence-electron chi connectivity index (χ0n) is 10.7. The molecule has 0 spiro atoms. The fourth-order valence-corrected chi connectivity index (χ4v) is 3.71. The molecule has 3 heterocycles. The zero-order chi connectivity index (χ0) is 13.3. The molecule has 3 rings (SSSR count). The number of carbonyl (C=O) groups excluding carboxylic acids is 1. The molecule has 100 valence electrons. The summed E-state index contributed by atoms with van der Waals surface area (Å²) in [7, 11) is 0. The Bertz CT molecular complexity index is 526. The second-order valence-electron chi connectivity index (χ2n) is 5.15. The first kappa shape index (κ1) is 12.6. The van der Waals surface area contributed by atoms with Crippen molar-refractivity contribution >= 4 is 17.2 Å². The number of rotatable bonds is 1. The molecule has 0 unspecified atom stereocenters. The van der Waals surface area contributed by atoms with E-state index in [1.54, 1.807) is 11.3 Å². The maximum Gasteiger partial charge on any atom is 0.243 e. The van der Waals surface area contributed by atoms with Crippen molar-refractivity contribution in [2.45, 2.75) is 25.8 Å². The molecular weight excluding hydrogens is 260 g/mol. The van der Waals surface area contributed by atoms with Crippen LogP contribution < -0.4 is 0 Å². The van der Waals surface area contributed by atoms with Gasteiger partial charge in [-0.15, -0.1) is 11.3 Å². The van der Waals surface area contributed by atoms with E-state index < -0.39 is 5.41 Å². The van der Waals surface area contributed by atoms with Gasteiger partial charge >= 0.3 is 0 Å². The topological polar surface area (TPSA) is 53.3 Å². The van der Waals surface area contributed by atoms with E-state index in [0.29, 0.717) is 32.6 Å². The lowest BCUT2D eigenvalue weighted by molar-refractivity contribution is -0.144. The second-order valence-corrected chi connectivity index (χ2v) is 6.15. The molecule has 2 aliphatic heterocycles. The maximum atomic E-state index is 12.7. The van der Waals surface area contributed by atoms with E-state index in [1.807, 2.05) is 4.90 Å². The third-order valence-electron chi connectivity index (χ3n) is 4.06. The molecule has 0 radical (unpaired) electrons. The van der Waals surface area contributed by atoms with Gasteiger partial charge in [0.05, 0.1) is 6.07 Å². The SMILES string of the molecule is N#CC1(C(=O)N2CCc3sccc3C2)CCOCC1. The van der Waals surface area contributed by atoms with Crippen LogP contribution in [-0.2, 0) is 22.5 Å². The molecule has 0 atom stereocenters. The fraction of sp³-hybridized carbons (Fsp3) is 0.571. The Morgan fingerprint density at radius 3 is 3.00 bits per heavy atom. The molecule has 0 bridgehead atoms. The van der Waals surface area contributed by atoms with Crippen LogP contribution in [0.1, 0.15) is 23.3 Å². The van der Waals surface area contributed by atoms with E-state index in [4.69, 9.17) is 4.74 Å². The summed E-state index contributed by atoms with van der Waals surface area (Å²) in [6.07, 6.45) is 1.96. The number of ether oxygens (including phenoxy) is 1. The summed E-state index contributed by atoms with van der Waals surface area (Å²) in [5.41, 5.74) is 0.385. The monoisotopic (exact) mass is 276 g/mol. The molecule has 1 saturated heterocycles. The maximum absolute atomic E-state index is 12.7. The van der Waals surface area contributed by atoms with Crippen LogP contribution >= 0.6 is 11.3 Å². The third-order valence-corrected chi connectivity index (χ3v) is 5.09. The van der Waals surface area contributed by atoms with Gasteiger partial charge in [0.2, 0.25) is 5.91 Å². The normalized spacial score (nSPS) is 21.5. The van der Waals surface area contributed by atoms with E-state index >= 15 is 0 Å². The van der Waals surface area contributed by atoms with Gasteiger partial charge in [0.1, 0.15) is 5.41 Å². The van der Waals surface area contributed by atoms with Crippen molar-refractivity contribution < 1.29 is 9.53 Å². The highest BCUT2D eigenvalue weighted by molar-refractivity contribution is 7.10. The van der Waals surface area contributed by atoms with Crippen LogP contribution in [0.4, 0.5) is 0 Å². The van der Waals surface area contributed by atoms with Crippen molar-refractivity contribution in [3.05, 3.63) is 21.9 Å².